The van der Waals surface area contributed by atoms with Crippen molar-refractivity contribution < 1.29 is 0 Å². The summed E-state index contributed by atoms with van der Waals surface area (Å²) in [6.45, 7) is 30.0. The van der Waals surface area contributed by atoms with E-state index in [1.807, 2.05) is 0 Å². The molecule has 0 aromatic rings. The van der Waals surface area contributed by atoms with Crippen LogP contribution in [0.2, 0.25) is 0 Å². The topological polar surface area (TPSA) is 22.7 Å². The van der Waals surface area contributed by atoms with Crippen LogP contribution in [-0.2, 0) is 0 Å². The minimum atomic E-state index is 0.728. The van der Waals surface area contributed by atoms with Gasteiger partial charge in [-0.3, -0.25) is 4.90 Å². The third-order valence-electron chi connectivity index (χ3n) is 18.1. The molecule has 0 amide bonds. The molecule has 2 atom stereocenters. The molecule has 10 aliphatic rings. The van der Waals surface area contributed by atoms with Crippen molar-refractivity contribution >= 4 is 0 Å². The molecule has 6 saturated heterocycles. The van der Waals surface area contributed by atoms with Crippen molar-refractivity contribution in [3.63, 3.8) is 0 Å². The first-order valence-corrected chi connectivity index (χ1v) is 27.0. The zero-order valence-corrected chi connectivity index (χ0v) is 41.2. The van der Waals surface area contributed by atoms with Gasteiger partial charge in [-0.2, -0.15) is 0 Å². The molecule has 7 heteroatoms. The summed E-state index contributed by atoms with van der Waals surface area (Å²) in [5.74, 6) is 5.09. The Morgan fingerprint density at radius 1 is 0.550 bits per heavy atom. The van der Waals surface area contributed by atoms with Gasteiger partial charge in [-0.25, -0.2) is 0 Å². The first kappa shape index (κ1) is 47.7. The van der Waals surface area contributed by atoms with Crippen molar-refractivity contribution in [1.29, 1.82) is 0 Å². The van der Waals surface area contributed by atoms with Crippen molar-refractivity contribution in [3.05, 3.63) is 0 Å². The van der Waals surface area contributed by atoms with E-state index in [0.717, 1.165) is 58.5 Å². The van der Waals surface area contributed by atoms with E-state index in [9.17, 15) is 0 Å². The Labute approximate surface area is 373 Å². The molecule has 0 bridgehead atoms. The number of hydrogen-bond acceptors (Lipinski definition) is 7. The normalized spacial score (nSPS) is 32.8. The quantitative estimate of drug-likeness (QED) is 0.193. The van der Waals surface area contributed by atoms with Crippen LogP contribution < -0.4 is 0 Å². The minimum Gasteiger partial charge on any atom is -0.306 e. The van der Waals surface area contributed by atoms with E-state index in [1.54, 1.807) is 0 Å². The minimum absolute atomic E-state index is 0.728. The highest BCUT2D eigenvalue weighted by molar-refractivity contribution is 5.03. The summed E-state index contributed by atoms with van der Waals surface area (Å²) in [5.41, 5.74) is 1.63. The van der Waals surface area contributed by atoms with Gasteiger partial charge in [0.2, 0.25) is 0 Å². The van der Waals surface area contributed by atoms with Crippen molar-refractivity contribution in [3.8, 4) is 0 Å². The zero-order chi connectivity index (χ0) is 42.1. The van der Waals surface area contributed by atoms with E-state index >= 15 is 0 Å². The summed E-state index contributed by atoms with van der Waals surface area (Å²) in [6, 6.07) is 2.48. The lowest BCUT2D eigenvalue weighted by atomic mass is 9.57. The Bertz CT molecular complexity index is 1180. The van der Waals surface area contributed by atoms with Gasteiger partial charge in [-0.1, -0.05) is 65.2 Å². The molecule has 0 unspecified atom stereocenters. The molecule has 10 rings (SSSR count). The van der Waals surface area contributed by atoms with Crippen molar-refractivity contribution in [2.75, 3.05) is 119 Å². The maximum absolute atomic E-state index is 2.83. The van der Waals surface area contributed by atoms with E-state index in [0.29, 0.717) is 0 Å². The molecule has 60 heavy (non-hydrogen) atoms. The Balaban J connectivity index is 0.000000121. The number of piperidine rings is 2. The standard InChI is InChI=1S/C14H26N2.C14H28N2.C14H25N.C11H22N2/c1-15-11-14(12-15)9-13(10-14)5-8-16-6-3-2-4-7-16;1-11(2)16(14-9-12(3)10-14)13-5-7-15(4)8-6-13;1-2-5-13(6-3-1)7-10-15-11-14(12-15)8-4-9-14;1-3-4-5-13-8-10-6-12(2)7-11(10)9-13/h13H,2-12H2,1H3;11-14H,5-10H2,1-4H3;13H,1-12H2;10-11H,3-9H2,1-2H3/t;;;10-,11+. The molecule has 0 N–H and O–H groups in total. The van der Waals surface area contributed by atoms with E-state index in [2.05, 4.69) is 83.1 Å². The van der Waals surface area contributed by atoms with Crippen LogP contribution >= 0.6 is 0 Å². The molecule has 0 aromatic carbocycles. The molecular weight excluding hydrogens is 735 g/mol. The summed E-state index contributed by atoms with van der Waals surface area (Å²) in [4.78, 5) is 18.3. The van der Waals surface area contributed by atoms with Crippen LogP contribution in [0.4, 0.5) is 0 Å². The first-order valence-electron chi connectivity index (χ1n) is 27.0. The number of hydrogen-bond donors (Lipinski definition) is 0. The molecule has 6 heterocycles. The fourth-order valence-corrected chi connectivity index (χ4v) is 14.6. The van der Waals surface area contributed by atoms with Crippen LogP contribution in [0, 0.1) is 40.4 Å². The predicted molar refractivity (Wildman–Crippen MR) is 257 cm³/mol. The second-order valence-electron chi connectivity index (χ2n) is 24.2. The third-order valence-corrected chi connectivity index (χ3v) is 18.1. The van der Waals surface area contributed by atoms with E-state index in [1.165, 1.54) is 233 Å². The predicted octanol–water partition coefficient (Wildman–Crippen LogP) is 9.52. The van der Waals surface area contributed by atoms with Crippen molar-refractivity contribution in [1.82, 2.24) is 34.3 Å². The van der Waals surface area contributed by atoms with Gasteiger partial charge >= 0.3 is 0 Å². The highest BCUT2D eigenvalue weighted by Gasteiger charge is 2.50. The average Bonchev–Trinajstić information content (AvgIpc) is 3.71. The SMILES string of the molecule is C1CCC(CCN2CC3(CCC3)C2)CC1.CC1CC(N(C(C)C)C2CCN(C)CC2)C1.CCCCN1C[C@H]2CN(C)C[C@H]2C1.CN1CC2(CC(CCN3CCCCC3)C2)C1. The highest BCUT2D eigenvalue weighted by atomic mass is 15.2. The number of fused-ring (bicyclic) bond motifs is 1. The van der Waals surface area contributed by atoms with Crippen molar-refractivity contribution in [2.45, 2.75) is 181 Å². The van der Waals surface area contributed by atoms with Gasteiger partial charge in [0, 0.05) is 70.5 Å². The monoisotopic (exact) mass is 836 g/mol. The van der Waals surface area contributed by atoms with Gasteiger partial charge in [-0.15, -0.1) is 0 Å². The third kappa shape index (κ3) is 13.4. The van der Waals surface area contributed by atoms with E-state index in [4.69, 9.17) is 0 Å². The molecule has 0 radical (unpaired) electrons. The number of rotatable bonds is 12. The number of likely N-dealkylation sites (tertiary alicyclic amines) is 6. The lowest BCUT2D eigenvalue weighted by Gasteiger charge is -2.58. The Kier molecular flexibility index (Phi) is 18.1. The van der Waals surface area contributed by atoms with Gasteiger partial charge in [-0.05, 0) is 205 Å². The second kappa shape index (κ2) is 22.8. The summed E-state index contributed by atoms with van der Waals surface area (Å²) >= 11 is 0. The van der Waals surface area contributed by atoms with Crippen LogP contribution in [0.1, 0.15) is 163 Å². The summed E-state index contributed by atoms with van der Waals surface area (Å²) in [7, 11) is 6.77. The molecule has 6 aliphatic heterocycles. The van der Waals surface area contributed by atoms with Crippen LogP contribution in [0.25, 0.3) is 0 Å². The molecule has 348 valence electrons. The summed E-state index contributed by atoms with van der Waals surface area (Å²) in [6.07, 6.45) is 30.9. The largest absolute Gasteiger partial charge is 0.306 e. The van der Waals surface area contributed by atoms with E-state index in [-0.39, 0.29) is 0 Å². The lowest BCUT2D eigenvalue weighted by Crippen LogP contribution is -2.60. The van der Waals surface area contributed by atoms with Gasteiger partial charge < -0.3 is 29.4 Å². The molecule has 0 aromatic heterocycles. The van der Waals surface area contributed by atoms with Gasteiger partial charge in [0.1, 0.15) is 0 Å². The molecular formula is C53H101N7. The Hall–Kier alpha value is -0.280. The summed E-state index contributed by atoms with van der Waals surface area (Å²) < 4.78 is 0. The number of unbranched alkanes of at least 4 members (excludes halogenated alkanes) is 1. The molecule has 2 spiro atoms. The van der Waals surface area contributed by atoms with Gasteiger partial charge in [0.15, 0.2) is 0 Å². The van der Waals surface area contributed by atoms with Gasteiger partial charge in [0.25, 0.3) is 0 Å². The van der Waals surface area contributed by atoms with Crippen LogP contribution in [0.15, 0.2) is 0 Å². The lowest BCUT2D eigenvalue weighted by molar-refractivity contribution is -0.0851. The van der Waals surface area contributed by atoms with Crippen molar-refractivity contribution in [2.24, 2.45) is 40.4 Å². The van der Waals surface area contributed by atoms with E-state index < -0.39 is 0 Å². The number of nitrogens with zero attached hydrogens (tertiary/aromatic N) is 7. The Morgan fingerprint density at radius 3 is 1.70 bits per heavy atom. The maximum Gasteiger partial charge on any atom is 0.0125 e. The zero-order valence-electron chi connectivity index (χ0n) is 41.2. The maximum atomic E-state index is 2.83. The molecule has 4 aliphatic carbocycles. The first-order chi connectivity index (χ1) is 29.0. The average molecular weight is 836 g/mol. The van der Waals surface area contributed by atoms with Gasteiger partial charge in [0.05, 0.1) is 0 Å². The second-order valence-corrected chi connectivity index (χ2v) is 24.2. The Morgan fingerprint density at radius 2 is 1.15 bits per heavy atom. The fraction of sp³-hybridized carbons (Fsp3) is 1.00. The highest BCUT2D eigenvalue weighted by Crippen LogP contribution is 2.52. The fourth-order valence-electron chi connectivity index (χ4n) is 14.6. The summed E-state index contributed by atoms with van der Waals surface area (Å²) in [5, 5.41) is 0. The molecule has 7 nitrogen and oxygen atoms in total. The van der Waals surface area contributed by atoms with Crippen LogP contribution in [-0.4, -0.2) is 172 Å². The molecule has 4 saturated carbocycles. The smallest absolute Gasteiger partial charge is 0.0125 e. The van der Waals surface area contributed by atoms with Crippen LogP contribution in [0.3, 0.4) is 0 Å². The molecule has 10 fully saturated rings. The van der Waals surface area contributed by atoms with Crippen LogP contribution in [0.5, 0.6) is 0 Å².